The molecule has 0 saturated heterocycles. The third-order valence-corrected chi connectivity index (χ3v) is 4.65. The Labute approximate surface area is 117 Å². The van der Waals surface area contributed by atoms with Crippen LogP contribution in [0, 0.1) is 11.8 Å². The molecule has 1 heterocycles. The number of carbonyl (C=O) groups is 1. The van der Waals surface area contributed by atoms with Gasteiger partial charge in [0.2, 0.25) is 0 Å². The van der Waals surface area contributed by atoms with Crippen molar-refractivity contribution in [3.8, 4) is 0 Å². The van der Waals surface area contributed by atoms with Gasteiger partial charge in [-0.05, 0) is 42.6 Å². The predicted octanol–water partition coefficient (Wildman–Crippen LogP) is 2.75. The highest BCUT2D eigenvalue weighted by Crippen LogP contribution is 2.34. The van der Waals surface area contributed by atoms with Crippen LogP contribution in [0.15, 0.2) is 0 Å². The highest BCUT2D eigenvalue weighted by atomic mass is 32.1. The number of hydrogen-bond acceptors (Lipinski definition) is 6. The van der Waals surface area contributed by atoms with Crippen LogP contribution < -0.4 is 11.1 Å². The summed E-state index contributed by atoms with van der Waals surface area (Å²) in [6.07, 6.45) is 3.53. The molecule has 1 aliphatic carbocycles. The Balaban J connectivity index is 2.13. The van der Waals surface area contributed by atoms with Crippen molar-refractivity contribution < 1.29 is 9.53 Å². The molecule has 0 aliphatic heterocycles. The molecule has 1 aliphatic rings. The molecule has 1 saturated carbocycles. The average molecular weight is 283 g/mol. The lowest BCUT2D eigenvalue weighted by molar-refractivity contribution is 0.0603. The minimum Gasteiger partial charge on any atom is -0.465 e. The Morgan fingerprint density at radius 3 is 2.84 bits per heavy atom. The van der Waals surface area contributed by atoms with Gasteiger partial charge in [0, 0.05) is 6.04 Å². The smallest absolute Gasteiger partial charge is 0.344 e. The van der Waals surface area contributed by atoms with Crippen LogP contribution in [0.4, 0.5) is 10.8 Å². The molecular weight excluding hydrogens is 262 g/mol. The summed E-state index contributed by atoms with van der Waals surface area (Å²) in [5.41, 5.74) is 6.11. The number of rotatable bonds is 3. The summed E-state index contributed by atoms with van der Waals surface area (Å²) in [7, 11) is 1.36. The van der Waals surface area contributed by atoms with E-state index >= 15 is 0 Å². The molecule has 5 nitrogen and oxygen atoms in total. The normalized spacial score (nSPS) is 27.0. The van der Waals surface area contributed by atoms with E-state index in [0.29, 0.717) is 17.5 Å². The zero-order valence-electron chi connectivity index (χ0n) is 11.6. The summed E-state index contributed by atoms with van der Waals surface area (Å²) in [5, 5.41) is 4.16. The van der Waals surface area contributed by atoms with Crippen LogP contribution in [0.2, 0.25) is 0 Å². The quantitative estimate of drug-likeness (QED) is 0.834. The first kappa shape index (κ1) is 14.1. The van der Waals surface area contributed by atoms with E-state index in [-0.39, 0.29) is 5.82 Å². The van der Waals surface area contributed by atoms with E-state index in [1.54, 1.807) is 0 Å². The van der Waals surface area contributed by atoms with E-state index in [2.05, 4.69) is 23.5 Å². The van der Waals surface area contributed by atoms with E-state index in [4.69, 9.17) is 10.5 Å². The Bertz CT molecular complexity index is 461. The first-order chi connectivity index (χ1) is 9.02. The van der Waals surface area contributed by atoms with Gasteiger partial charge in [-0.1, -0.05) is 13.8 Å². The van der Waals surface area contributed by atoms with Gasteiger partial charge in [0.05, 0.1) is 7.11 Å². The molecule has 3 N–H and O–H groups in total. The molecule has 1 aromatic heterocycles. The van der Waals surface area contributed by atoms with Gasteiger partial charge in [0.25, 0.3) is 0 Å². The molecule has 0 bridgehead atoms. The Morgan fingerprint density at radius 2 is 2.21 bits per heavy atom. The van der Waals surface area contributed by atoms with Crippen LogP contribution in [-0.2, 0) is 4.74 Å². The third kappa shape index (κ3) is 3.00. The van der Waals surface area contributed by atoms with Crippen LogP contribution in [-0.4, -0.2) is 23.5 Å². The Kier molecular flexibility index (Phi) is 4.29. The number of nitrogens with one attached hydrogen (secondary N) is 1. The SMILES string of the molecule is COC(=O)c1c(N)nsc1NC1CCC(C)CC1C. The molecule has 106 valence electrons. The van der Waals surface area contributed by atoms with Crippen molar-refractivity contribution in [3.05, 3.63) is 5.56 Å². The van der Waals surface area contributed by atoms with Gasteiger partial charge in [0.1, 0.15) is 10.6 Å². The maximum Gasteiger partial charge on any atom is 0.344 e. The maximum atomic E-state index is 11.7. The molecule has 0 amide bonds. The second-order valence-electron chi connectivity index (χ2n) is 5.41. The van der Waals surface area contributed by atoms with Crippen LogP contribution in [0.3, 0.4) is 0 Å². The fraction of sp³-hybridized carbons (Fsp3) is 0.692. The number of aromatic nitrogens is 1. The Morgan fingerprint density at radius 1 is 1.47 bits per heavy atom. The molecule has 0 aromatic carbocycles. The molecule has 1 aromatic rings. The van der Waals surface area contributed by atoms with Gasteiger partial charge in [-0.25, -0.2) is 4.79 Å². The predicted molar refractivity (Wildman–Crippen MR) is 77.5 cm³/mol. The second kappa shape index (κ2) is 5.77. The number of nitrogens with zero attached hydrogens (tertiary/aromatic N) is 1. The van der Waals surface area contributed by atoms with Gasteiger partial charge in [-0.15, -0.1) is 0 Å². The first-order valence-corrected chi connectivity index (χ1v) is 7.40. The van der Waals surface area contributed by atoms with Gasteiger partial charge in [-0.2, -0.15) is 4.37 Å². The number of ether oxygens (including phenoxy) is 1. The lowest BCUT2D eigenvalue weighted by Gasteiger charge is -2.33. The van der Waals surface area contributed by atoms with E-state index in [9.17, 15) is 4.79 Å². The summed E-state index contributed by atoms with van der Waals surface area (Å²) < 4.78 is 8.80. The summed E-state index contributed by atoms with van der Waals surface area (Å²) in [6, 6.07) is 0.374. The van der Waals surface area contributed by atoms with Gasteiger partial charge in [0.15, 0.2) is 5.82 Å². The molecule has 3 unspecified atom stereocenters. The summed E-state index contributed by atoms with van der Waals surface area (Å²) in [6.45, 7) is 4.53. The molecule has 3 atom stereocenters. The molecular formula is C13H21N3O2S. The van der Waals surface area contributed by atoms with E-state index < -0.39 is 5.97 Å². The lowest BCUT2D eigenvalue weighted by Crippen LogP contribution is -2.33. The third-order valence-electron chi connectivity index (χ3n) is 3.86. The van der Waals surface area contributed by atoms with Crippen molar-refractivity contribution >= 4 is 28.3 Å². The molecule has 1 fully saturated rings. The largest absolute Gasteiger partial charge is 0.465 e. The van der Waals surface area contributed by atoms with Crippen molar-refractivity contribution in [2.45, 2.75) is 39.2 Å². The number of anilines is 2. The zero-order valence-corrected chi connectivity index (χ0v) is 12.4. The monoisotopic (exact) mass is 283 g/mol. The summed E-state index contributed by atoms with van der Waals surface area (Å²) >= 11 is 1.23. The number of methoxy groups -OCH3 is 1. The minimum atomic E-state index is -0.425. The highest BCUT2D eigenvalue weighted by Gasteiger charge is 2.28. The standard InChI is InChI=1S/C13H21N3O2S/c1-7-4-5-9(8(2)6-7)15-12-10(13(17)18-3)11(14)16-19-12/h7-9,15H,4-6H2,1-3H3,(H2,14,16). The minimum absolute atomic E-state index is 0.246. The molecule has 19 heavy (non-hydrogen) atoms. The van der Waals surface area contributed by atoms with Crippen molar-refractivity contribution in [2.75, 3.05) is 18.2 Å². The highest BCUT2D eigenvalue weighted by molar-refractivity contribution is 7.11. The first-order valence-electron chi connectivity index (χ1n) is 6.63. The van der Waals surface area contributed by atoms with Crippen molar-refractivity contribution in [1.82, 2.24) is 4.37 Å². The number of carbonyl (C=O) groups excluding carboxylic acids is 1. The van der Waals surface area contributed by atoms with Crippen molar-refractivity contribution in [1.29, 1.82) is 0 Å². The molecule has 0 radical (unpaired) electrons. The maximum absolute atomic E-state index is 11.7. The lowest BCUT2D eigenvalue weighted by atomic mass is 9.80. The number of esters is 1. The fourth-order valence-electron chi connectivity index (χ4n) is 2.75. The van der Waals surface area contributed by atoms with E-state index in [1.165, 1.54) is 31.5 Å². The van der Waals surface area contributed by atoms with Gasteiger partial charge >= 0.3 is 5.97 Å². The Hall–Kier alpha value is -1.30. The topological polar surface area (TPSA) is 77.2 Å². The zero-order chi connectivity index (χ0) is 14.0. The van der Waals surface area contributed by atoms with Gasteiger partial charge in [-0.3, -0.25) is 0 Å². The van der Waals surface area contributed by atoms with Crippen LogP contribution in [0.5, 0.6) is 0 Å². The van der Waals surface area contributed by atoms with Gasteiger partial charge < -0.3 is 15.8 Å². The van der Waals surface area contributed by atoms with Crippen LogP contribution >= 0.6 is 11.5 Å². The number of hydrogen-bond donors (Lipinski definition) is 2. The van der Waals surface area contributed by atoms with E-state index in [0.717, 1.165) is 17.3 Å². The molecule has 0 spiro atoms. The van der Waals surface area contributed by atoms with E-state index in [1.807, 2.05) is 0 Å². The average Bonchev–Trinajstić information content (AvgIpc) is 2.73. The van der Waals surface area contributed by atoms with Crippen molar-refractivity contribution in [2.24, 2.45) is 11.8 Å². The van der Waals surface area contributed by atoms with Crippen LogP contribution in [0.1, 0.15) is 43.5 Å². The summed E-state index contributed by atoms with van der Waals surface area (Å²) in [5.74, 6) is 1.18. The van der Waals surface area contributed by atoms with Crippen molar-refractivity contribution in [3.63, 3.8) is 0 Å². The fourth-order valence-corrected chi connectivity index (χ4v) is 3.51. The molecule has 2 rings (SSSR count). The van der Waals surface area contributed by atoms with Crippen LogP contribution in [0.25, 0.3) is 0 Å². The number of nitrogens with two attached hydrogens (primary N) is 1. The molecule has 6 heteroatoms. The summed E-state index contributed by atoms with van der Waals surface area (Å²) in [4.78, 5) is 11.7. The second-order valence-corrected chi connectivity index (χ2v) is 6.18. The number of nitrogen functional groups attached to an aromatic ring is 1.